The van der Waals surface area contributed by atoms with E-state index in [4.69, 9.17) is 21.1 Å². The summed E-state index contributed by atoms with van der Waals surface area (Å²) >= 11 is 6.30. The summed E-state index contributed by atoms with van der Waals surface area (Å²) in [6.07, 6.45) is 3.04. The largest absolute Gasteiger partial charge is 0.492 e. The van der Waals surface area contributed by atoms with E-state index in [9.17, 15) is 14.4 Å². The topological polar surface area (TPSA) is 107 Å². The van der Waals surface area contributed by atoms with Gasteiger partial charge in [0.2, 0.25) is 0 Å². The second-order valence-corrected chi connectivity index (χ2v) is 10.1. The minimum Gasteiger partial charge on any atom is -0.492 e. The van der Waals surface area contributed by atoms with Crippen LogP contribution in [0.4, 0.5) is 10.5 Å². The van der Waals surface area contributed by atoms with Crippen LogP contribution >= 0.6 is 11.6 Å². The maximum atomic E-state index is 13.0. The van der Waals surface area contributed by atoms with Gasteiger partial charge in [-0.2, -0.15) is 0 Å². The van der Waals surface area contributed by atoms with Gasteiger partial charge in [0.05, 0.1) is 25.8 Å². The SMILES string of the molecule is COC(=O)CCNC(C)(C)CC(=O)c1cc(Cl)cc(OCCN(C(=O)OCc2ccccc2)c2ccncc2)c1. The molecule has 3 rings (SSSR count). The molecule has 1 N–H and O–H groups in total. The number of nitrogens with one attached hydrogen (secondary N) is 1. The molecule has 1 amide bonds. The highest BCUT2D eigenvalue weighted by Gasteiger charge is 2.23. The number of carbonyl (C=O) groups is 3. The van der Waals surface area contributed by atoms with Gasteiger partial charge in [0.1, 0.15) is 19.0 Å². The van der Waals surface area contributed by atoms with Gasteiger partial charge in [-0.05, 0) is 49.7 Å². The van der Waals surface area contributed by atoms with Crippen LogP contribution in [-0.4, -0.2) is 55.2 Å². The Morgan fingerprint density at radius 3 is 2.45 bits per heavy atom. The molecule has 0 radical (unpaired) electrons. The van der Waals surface area contributed by atoms with Gasteiger partial charge in [-0.3, -0.25) is 19.5 Å². The summed E-state index contributed by atoms with van der Waals surface area (Å²) in [7, 11) is 1.34. The molecule has 0 unspecified atom stereocenters. The molecule has 0 saturated heterocycles. The van der Waals surface area contributed by atoms with Gasteiger partial charge >= 0.3 is 12.1 Å². The first-order valence-corrected chi connectivity index (χ1v) is 13.2. The molecule has 1 aromatic heterocycles. The van der Waals surface area contributed by atoms with E-state index in [0.29, 0.717) is 28.6 Å². The molecular weight excluding hydrogens is 534 g/mol. The summed E-state index contributed by atoms with van der Waals surface area (Å²) in [6.45, 7) is 4.60. The third-order valence-corrected chi connectivity index (χ3v) is 6.16. The zero-order chi connectivity index (χ0) is 29.0. The molecule has 40 heavy (non-hydrogen) atoms. The van der Waals surface area contributed by atoms with E-state index in [1.807, 2.05) is 44.2 Å². The lowest BCUT2D eigenvalue weighted by Gasteiger charge is -2.25. The number of hydrogen-bond donors (Lipinski definition) is 1. The zero-order valence-electron chi connectivity index (χ0n) is 22.9. The summed E-state index contributed by atoms with van der Waals surface area (Å²) < 4.78 is 16.1. The van der Waals surface area contributed by atoms with Crippen LogP contribution in [0, 0.1) is 0 Å². The number of hydrogen-bond acceptors (Lipinski definition) is 8. The van der Waals surface area contributed by atoms with Crippen LogP contribution in [0.3, 0.4) is 0 Å². The summed E-state index contributed by atoms with van der Waals surface area (Å²) in [5, 5.41) is 3.56. The smallest absolute Gasteiger partial charge is 0.414 e. The van der Waals surface area contributed by atoms with E-state index in [0.717, 1.165) is 5.56 Å². The van der Waals surface area contributed by atoms with E-state index < -0.39 is 11.6 Å². The van der Waals surface area contributed by atoms with Crippen LogP contribution < -0.4 is 15.0 Å². The van der Waals surface area contributed by atoms with Crippen molar-refractivity contribution in [2.24, 2.45) is 0 Å². The van der Waals surface area contributed by atoms with Crippen molar-refractivity contribution in [3.05, 3.63) is 89.2 Å². The van der Waals surface area contributed by atoms with Crippen LogP contribution in [0.25, 0.3) is 0 Å². The molecule has 0 bridgehead atoms. The highest BCUT2D eigenvalue weighted by Crippen LogP contribution is 2.24. The molecule has 1 heterocycles. The third kappa shape index (κ3) is 9.98. The van der Waals surface area contributed by atoms with Crippen molar-refractivity contribution in [1.82, 2.24) is 10.3 Å². The van der Waals surface area contributed by atoms with Crippen molar-refractivity contribution in [3.8, 4) is 5.75 Å². The fourth-order valence-electron chi connectivity index (χ4n) is 3.88. The second kappa shape index (κ2) is 15.0. The molecule has 3 aromatic rings. The van der Waals surface area contributed by atoms with Gasteiger partial charge in [-0.15, -0.1) is 0 Å². The standard InChI is InChI=1S/C30H34ClN3O6/c1-30(2,33-14-11-28(36)38-3)20-27(35)23-17-24(31)19-26(18-23)39-16-15-34(25-9-12-32-13-10-25)29(37)40-21-22-7-5-4-6-8-22/h4-10,12-13,17-19,33H,11,14-16,20-21H2,1-3H3. The Morgan fingerprint density at radius 1 is 1.02 bits per heavy atom. The lowest BCUT2D eigenvalue weighted by atomic mass is 9.94. The summed E-state index contributed by atoms with van der Waals surface area (Å²) in [5.41, 5.74) is 1.33. The lowest BCUT2D eigenvalue weighted by Crippen LogP contribution is -2.42. The predicted molar refractivity (Wildman–Crippen MR) is 153 cm³/mol. The summed E-state index contributed by atoms with van der Waals surface area (Å²) in [6, 6.07) is 17.7. The van der Waals surface area contributed by atoms with E-state index >= 15 is 0 Å². The quantitative estimate of drug-likeness (QED) is 0.202. The first-order chi connectivity index (χ1) is 19.2. The Kier molecular flexibility index (Phi) is 11.5. The molecule has 2 aromatic carbocycles. The Hall–Kier alpha value is -3.95. The average molecular weight is 568 g/mol. The molecule has 0 fully saturated rings. The number of aromatic nitrogens is 1. The van der Waals surface area contributed by atoms with Gasteiger partial charge < -0.3 is 19.5 Å². The lowest BCUT2D eigenvalue weighted by molar-refractivity contribution is -0.140. The monoisotopic (exact) mass is 567 g/mol. The average Bonchev–Trinajstić information content (AvgIpc) is 2.94. The number of ketones is 1. The predicted octanol–water partition coefficient (Wildman–Crippen LogP) is 5.46. The molecule has 10 heteroatoms. The van der Waals surface area contributed by atoms with Crippen LogP contribution in [0.1, 0.15) is 42.6 Å². The van der Waals surface area contributed by atoms with Gasteiger partial charge in [-0.1, -0.05) is 41.9 Å². The summed E-state index contributed by atoms with van der Waals surface area (Å²) in [5.74, 6) is -0.0522. The van der Waals surface area contributed by atoms with E-state index in [-0.39, 0.29) is 44.4 Å². The highest BCUT2D eigenvalue weighted by molar-refractivity contribution is 6.31. The number of rotatable bonds is 14. The summed E-state index contributed by atoms with van der Waals surface area (Å²) in [4.78, 5) is 42.8. The number of Topliss-reactive ketones (excluding diaryl/α,β-unsaturated/α-hetero) is 1. The first-order valence-electron chi connectivity index (χ1n) is 12.8. The zero-order valence-corrected chi connectivity index (χ0v) is 23.6. The molecule has 0 aliphatic rings. The molecule has 0 aliphatic heterocycles. The molecule has 212 valence electrons. The number of esters is 1. The van der Waals surface area contributed by atoms with Gasteiger partial charge in [-0.25, -0.2) is 4.79 Å². The fraction of sp³-hybridized carbons (Fsp3) is 0.333. The Labute approximate surface area is 239 Å². The Morgan fingerprint density at radius 2 is 1.75 bits per heavy atom. The van der Waals surface area contributed by atoms with Crippen LogP contribution in [0.5, 0.6) is 5.75 Å². The van der Waals surface area contributed by atoms with Crippen molar-refractivity contribution >= 4 is 35.1 Å². The van der Waals surface area contributed by atoms with Gasteiger partial charge in [0.15, 0.2) is 5.78 Å². The first kappa shape index (κ1) is 30.6. The molecule has 9 nitrogen and oxygen atoms in total. The van der Waals surface area contributed by atoms with Crippen molar-refractivity contribution in [2.75, 3.05) is 31.7 Å². The van der Waals surface area contributed by atoms with Crippen molar-refractivity contribution in [2.45, 2.75) is 38.8 Å². The molecule has 0 spiro atoms. The molecule has 0 saturated carbocycles. The van der Waals surface area contributed by atoms with Crippen LogP contribution in [0.2, 0.25) is 5.02 Å². The minimum absolute atomic E-state index is 0.122. The normalized spacial score (nSPS) is 11.0. The third-order valence-electron chi connectivity index (χ3n) is 5.94. The number of amides is 1. The van der Waals surface area contributed by atoms with Crippen LogP contribution in [0.15, 0.2) is 73.1 Å². The number of halogens is 1. The fourth-order valence-corrected chi connectivity index (χ4v) is 4.10. The van der Waals surface area contributed by atoms with E-state index in [1.54, 1.807) is 42.7 Å². The number of benzene rings is 2. The number of nitrogens with zero attached hydrogens (tertiary/aromatic N) is 2. The molecule has 0 aliphatic carbocycles. The van der Waals surface area contributed by atoms with Gasteiger partial charge in [0.25, 0.3) is 0 Å². The number of ether oxygens (including phenoxy) is 3. The molecule has 0 atom stereocenters. The van der Waals surface area contributed by atoms with Crippen molar-refractivity contribution in [1.29, 1.82) is 0 Å². The Balaban J connectivity index is 1.61. The van der Waals surface area contributed by atoms with Crippen molar-refractivity contribution < 1.29 is 28.6 Å². The van der Waals surface area contributed by atoms with Crippen LogP contribution in [-0.2, 0) is 20.9 Å². The number of anilines is 1. The number of pyridine rings is 1. The maximum absolute atomic E-state index is 13.0. The highest BCUT2D eigenvalue weighted by atomic mass is 35.5. The minimum atomic E-state index is -0.556. The van der Waals surface area contributed by atoms with E-state index in [1.165, 1.54) is 12.0 Å². The Bertz CT molecular complexity index is 1270. The van der Waals surface area contributed by atoms with Gasteiger partial charge in [0, 0.05) is 41.5 Å². The molecular formula is C30H34ClN3O6. The second-order valence-electron chi connectivity index (χ2n) is 9.66. The number of methoxy groups -OCH3 is 1. The maximum Gasteiger partial charge on any atom is 0.414 e. The number of carbonyl (C=O) groups excluding carboxylic acids is 3. The van der Waals surface area contributed by atoms with Crippen molar-refractivity contribution in [3.63, 3.8) is 0 Å². The van der Waals surface area contributed by atoms with E-state index in [2.05, 4.69) is 15.0 Å².